The van der Waals surface area contributed by atoms with Crippen molar-refractivity contribution in [3.8, 4) is 11.1 Å². The molecule has 0 N–H and O–H groups in total. The third-order valence-electron chi connectivity index (χ3n) is 1.93. The van der Waals surface area contributed by atoms with Gasteiger partial charge in [-0.3, -0.25) is 0 Å². The molecule has 0 atom stereocenters. The molecule has 1 aromatic carbocycles. The van der Waals surface area contributed by atoms with Gasteiger partial charge in [-0.15, -0.1) is 0 Å². The average Bonchev–Trinajstić information content (AvgIpc) is 2.55. The van der Waals surface area contributed by atoms with E-state index in [1.54, 1.807) is 13.2 Å². The smallest absolute Gasteiger partial charge is 0.193 e. The zero-order chi connectivity index (χ0) is 10.1. The molecule has 2 aromatic rings. The highest BCUT2D eigenvalue weighted by Gasteiger charge is 2.12. The van der Waals surface area contributed by atoms with Crippen LogP contribution in [0.25, 0.3) is 10.1 Å². The molecule has 2 nitrogen and oxygen atoms in total. The van der Waals surface area contributed by atoms with E-state index in [1.165, 1.54) is 11.3 Å². The van der Waals surface area contributed by atoms with Crippen LogP contribution in [-0.2, 0) is 0 Å². The fraction of sp³-hybridized carbons (Fsp3) is 0.100. The lowest BCUT2D eigenvalue weighted by Gasteiger charge is -1.92. The maximum atomic E-state index is 8.88. The topological polar surface area (TPSA) is 33.0 Å². The van der Waals surface area contributed by atoms with Crippen LogP contribution < -0.4 is 4.74 Å². The van der Waals surface area contributed by atoms with Gasteiger partial charge in [-0.05, 0) is 6.07 Å². The SMILES string of the molecule is COc1sc2c(C#N)cccc2c1Cl. The lowest BCUT2D eigenvalue weighted by Crippen LogP contribution is -1.76. The molecule has 0 aliphatic heterocycles. The summed E-state index contributed by atoms with van der Waals surface area (Å²) >= 11 is 7.46. The van der Waals surface area contributed by atoms with Crippen molar-refractivity contribution in [1.82, 2.24) is 0 Å². The van der Waals surface area contributed by atoms with Gasteiger partial charge in [-0.1, -0.05) is 35.1 Å². The standard InChI is InChI=1S/C10H6ClNOS/c1-13-10-8(11)7-4-2-3-6(5-12)9(7)14-10/h2-4H,1H3. The van der Waals surface area contributed by atoms with E-state index in [4.69, 9.17) is 21.6 Å². The maximum Gasteiger partial charge on any atom is 0.193 e. The van der Waals surface area contributed by atoms with Crippen LogP contribution >= 0.6 is 22.9 Å². The highest BCUT2D eigenvalue weighted by atomic mass is 35.5. The van der Waals surface area contributed by atoms with Gasteiger partial charge < -0.3 is 4.74 Å². The molecule has 0 bridgehead atoms. The van der Waals surface area contributed by atoms with Crippen molar-refractivity contribution in [1.29, 1.82) is 5.26 Å². The lowest BCUT2D eigenvalue weighted by molar-refractivity contribution is 0.427. The van der Waals surface area contributed by atoms with Crippen LogP contribution in [0.4, 0.5) is 0 Å². The van der Waals surface area contributed by atoms with Crippen LogP contribution in [0.15, 0.2) is 18.2 Å². The van der Waals surface area contributed by atoms with Crippen LogP contribution in [0.5, 0.6) is 5.06 Å². The molecule has 0 spiro atoms. The summed E-state index contributed by atoms with van der Waals surface area (Å²) in [5.41, 5.74) is 0.637. The molecule has 1 heterocycles. The van der Waals surface area contributed by atoms with E-state index in [2.05, 4.69) is 6.07 Å². The number of ether oxygens (including phenoxy) is 1. The van der Waals surface area contributed by atoms with E-state index in [0.717, 1.165) is 10.1 Å². The largest absolute Gasteiger partial charge is 0.486 e. The Morgan fingerprint density at radius 1 is 1.50 bits per heavy atom. The molecule has 0 amide bonds. The van der Waals surface area contributed by atoms with Gasteiger partial charge >= 0.3 is 0 Å². The Bertz CT molecular complexity index is 527. The van der Waals surface area contributed by atoms with Crippen LogP contribution in [0.3, 0.4) is 0 Å². The second-order valence-corrected chi connectivity index (χ2v) is 4.06. The second kappa shape index (κ2) is 3.49. The summed E-state index contributed by atoms with van der Waals surface area (Å²) in [4.78, 5) is 0. The monoisotopic (exact) mass is 223 g/mol. The van der Waals surface area contributed by atoms with Crippen molar-refractivity contribution in [2.45, 2.75) is 0 Å². The first-order chi connectivity index (χ1) is 6.77. The zero-order valence-corrected chi connectivity index (χ0v) is 8.95. The number of hydrogen-bond acceptors (Lipinski definition) is 3. The summed E-state index contributed by atoms with van der Waals surface area (Å²) in [6, 6.07) is 7.61. The van der Waals surface area contributed by atoms with Crippen molar-refractivity contribution in [2.24, 2.45) is 0 Å². The highest BCUT2D eigenvalue weighted by Crippen LogP contribution is 2.42. The van der Waals surface area contributed by atoms with Gasteiger partial charge in [0.1, 0.15) is 11.1 Å². The first-order valence-corrected chi connectivity index (χ1v) is 5.12. The number of thiophene rings is 1. The van der Waals surface area contributed by atoms with Gasteiger partial charge in [0, 0.05) is 5.39 Å². The molecule has 14 heavy (non-hydrogen) atoms. The number of fused-ring (bicyclic) bond motifs is 1. The van der Waals surface area contributed by atoms with Gasteiger partial charge in [0.15, 0.2) is 5.06 Å². The van der Waals surface area contributed by atoms with Crippen LogP contribution in [0.2, 0.25) is 5.02 Å². The van der Waals surface area contributed by atoms with Crippen LogP contribution in [0, 0.1) is 11.3 Å². The zero-order valence-electron chi connectivity index (χ0n) is 7.37. The number of rotatable bonds is 1. The first kappa shape index (κ1) is 9.32. The molecule has 0 fully saturated rings. The minimum Gasteiger partial charge on any atom is -0.486 e. The van der Waals surface area contributed by atoms with Gasteiger partial charge in [0.25, 0.3) is 0 Å². The van der Waals surface area contributed by atoms with Crippen molar-refractivity contribution in [3.05, 3.63) is 28.8 Å². The number of nitriles is 1. The van der Waals surface area contributed by atoms with Gasteiger partial charge in [-0.25, -0.2) is 0 Å². The number of hydrogen-bond donors (Lipinski definition) is 0. The van der Waals surface area contributed by atoms with Crippen LogP contribution in [-0.4, -0.2) is 7.11 Å². The molecule has 0 aliphatic carbocycles. The Balaban J connectivity index is 2.85. The molecule has 0 unspecified atom stereocenters. The van der Waals surface area contributed by atoms with Gasteiger partial charge in [0.05, 0.1) is 17.4 Å². The fourth-order valence-electron chi connectivity index (χ4n) is 1.29. The van der Waals surface area contributed by atoms with Gasteiger partial charge in [-0.2, -0.15) is 5.26 Å². The number of halogens is 1. The third-order valence-corrected chi connectivity index (χ3v) is 3.62. The third kappa shape index (κ3) is 1.24. The summed E-state index contributed by atoms with van der Waals surface area (Å²) in [5.74, 6) is 0. The quantitative estimate of drug-likeness (QED) is 0.742. The Kier molecular flexibility index (Phi) is 2.32. The summed E-state index contributed by atoms with van der Waals surface area (Å²) in [5, 5.41) is 11.0. The molecule has 0 radical (unpaired) electrons. The molecular weight excluding hydrogens is 218 g/mol. The number of benzene rings is 1. The van der Waals surface area contributed by atoms with Crippen molar-refractivity contribution < 1.29 is 4.74 Å². The minimum atomic E-state index is 0.588. The Hall–Kier alpha value is -1.24. The molecule has 2 rings (SSSR count). The Labute approximate surface area is 90.3 Å². The van der Waals surface area contributed by atoms with Gasteiger partial charge in [0.2, 0.25) is 0 Å². The normalized spacial score (nSPS) is 10.1. The Morgan fingerprint density at radius 2 is 2.29 bits per heavy atom. The van der Waals surface area contributed by atoms with E-state index < -0.39 is 0 Å². The predicted molar refractivity (Wildman–Crippen MR) is 58.1 cm³/mol. The first-order valence-electron chi connectivity index (χ1n) is 3.93. The highest BCUT2D eigenvalue weighted by molar-refractivity contribution is 7.21. The number of methoxy groups -OCH3 is 1. The Morgan fingerprint density at radius 3 is 2.93 bits per heavy atom. The van der Waals surface area contributed by atoms with Crippen molar-refractivity contribution >= 4 is 33.0 Å². The van der Waals surface area contributed by atoms with Crippen LogP contribution in [0.1, 0.15) is 5.56 Å². The van der Waals surface area contributed by atoms with Crippen molar-refractivity contribution in [3.63, 3.8) is 0 Å². The van der Waals surface area contributed by atoms with E-state index in [1.807, 2.05) is 12.1 Å². The minimum absolute atomic E-state index is 0.588. The predicted octanol–water partition coefficient (Wildman–Crippen LogP) is 3.43. The summed E-state index contributed by atoms with van der Waals surface area (Å²) in [6.07, 6.45) is 0. The molecule has 0 aliphatic rings. The average molecular weight is 224 g/mol. The maximum absolute atomic E-state index is 8.88. The van der Waals surface area contributed by atoms with Crippen molar-refractivity contribution in [2.75, 3.05) is 7.11 Å². The summed E-state index contributed by atoms with van der Waals surface area (Å²) < 4.78 is 5.99. The molecule has 0 saturated carbocycles. The molecular formula is C10H6ClNOS. The van der Waals surface area contributed by atoms with E-state index in [9.17, 15) is 0 Å². The molecule has 1 aromatic heterocycles. The summed E-state index contributed by atoms with van der Waals surface area (Å²) in [7, 11) is 1.57. The number of nitrogens with zero attached hydrogens (tertiary/aromatic N) is 1. The van der Waals surface area contributed by atoms with E-state index >= 15 is 0 Å². The second-order valence-electron chi connectivity index (χ2n) is 2.70. The van der Waals surface area contributed by atoms with E-state index in [0.29, 0.717) is 15.6 Å². The molecule has 4 heteroatoms. The fourth-order valence-corrected chi connectivity index (χ4v) is 2.66. The molecule has 0 saturated heterocycles. The summed E-state index contributed by atoms with van der Waals surface area (Å²) in [6.45, 7) is 0. The lowest BCUT2D eigenvalue weighted by atomic mass is 10.2. The van der Waals surface area contributed by atoms with E-state index in [-0.39, 0.29) is 0 Å². The molecule has 70 valence electrons.